The summed E-state index contributed by atoms with van der Waals surface area (Å²) in [4.78, 5) is 12.4. The molecule has 0 unspecified atom stereocenters. The minimum atomic E-state index is -0.832. The van der Waals surface area contributed by atoms with Gasteiger partial charge in [-0.15, -0.1) is 0 Å². The lowest BCUT2D eigenvalue weighted by Gasteiger charge is -2.16. The molecule has 0 amide bonds. The van der Waals surface area contributed by atoms with E-state index in [1.807, 2.05) is 19.9 Å². The topological polar surface area (TPSA) is 79.2 Å². The van der Waals surface area contributed by atoms with E-state index in [1.54, 1.807) is 17.7 Å². The van der Waals surface area contributed by atoms with Gasteiger partial charge in [-0.2, -0.15) is 0 Å². The first-order chi connectivity index (χ1) is 14.5. The number of aromatic hydroxyl groups is 1. The molecule has 164 valence electrons. The Bertz CT molecular complexity index is 883. The van der Waals surface area contributed by atoms with Crippen molar-refractivity contribution in [2.75, 3.05) is 26.9 Å². The molecule has 1 aromatic carbocycles. The van der Waals surface area contributed by atoms with Crippen molar-refractivity contribution in [2.45, 2.75) is 46.1 Å². The van der Waals surface area contributed by atoms with E-state index >= 15 is 0 Å². The summed E-state index contributed by atoms with van der Waals surface area (Å²) in [6.45, 7) is 5.43. The summed E-state index contributed by atoms with van der Waals surface area (Å²) in [5.41, 5.74) is 2.75. The van der Waals surface area contributed by atoms with Crippen LogP contribution in [0, 0.1) is 0 Å². The maximum Gasteiger partial charge on any atom is 0.514 e. The van der Waals surface area contributed by atoms with Crippen LogP contribution in [0.5, 0.6) is 17.4 Å². The van der Waals surface area contributed by atoms with Gasteiger partial charge in [0.15, 0.2) is 5.75 Å². The lowest BCUT2D eigenvalue weighted by molar-refractivity contribution is 0.0559. The van der Waals surface area contributed by atoms with Crippen LogP contribution in [-0.4, -0.2) is 42.8 Å². The number of fused-ring (bicyclic) bond motifs is 1. The molecule has 1 aromatic heterocycles. The fourth-order valence-electron chi connectivity index (χ4n) is 3.82. The largest absolute Gasteiger partial charge is 0.514 e. The highest BCUT2D eigenvalue weighted by atomic mass is 35.5. The van der Waals surface area contributed by atoms with E-state index < -0.39 is 6.16 Å². The maximum atomic E-state index is 12.4. The van der Waals surface area contributed by atoms with Gasteiger partial charge >= 0.3 is 6.16 Å². The van der Waals surface area contributed by atoms with Crippen molar-refractivity contribution in [2.24, 2.45) is 0 Å². The molecule has 0 radical (unpaired) electrons. The van der Waals surface area contributed by atoms with Crippen LogP contribution in [-0.2, 0) is 28.9 Å². The molecule has 0 saturated carbocycles. The maximum absolute atomic E-state index is 12.4. The van der Waals surface area contributed by atoms with Gasteiger partial charge in [-0.3, -0.25) is 0 Å². The first-order valence-corrected chi connectivity index (χ1v) is 10.6. The average Bonchev–Trinajstić information content (AvgIpc) is 3.02. The number of methoxy groups -OCH3 is 1. The molecule has 1 aliphatic heterocycles. The standard InChI is InChI=1S/C22H28ClNO6/c1-4-14-12-15(23)13-17(27-3)18(14)19-20(30-22(26)29-11-10-28-5-2)16-8-6-7-9-24(16)21(19)25/h12-13,25H,4-11H2,1-3H3. The number of carbonyl (C=O) groups excluding carboxylic acids is 1. The second-order valence-electron chi connectivity index (χ2n) is 6.98. The third-order valence-electron chi connectivity index (χ3n) is 5.18. The van der Waals surface area contributed by atoms with Gasteiger partial charge in [0, 0.05) is 23.7 Å². The van der Waals surface area contributed by atoms with Gasteiger partial charge in [0.05, 0.1) is 25.0 Å². The van der Waals surface area contributed by atoms with Crippen molar-refractivity contribution in [3.63, 3.8) is 0 Å². The van der Waals surface area contributed by atoms with Crippen LogP contribution in [0.1, 0.15) is 37.9 Å². The zero-order valence-corrected chi connectivity index (χ0v) is 18.4. The van der Waals surface area contributed by atoms with Crippen molar-refractivity contribution in [1.29, 1.82) is 0 Å². The van der Waals surface area contributed by atoms with Crippen LogP contribution in [0.4, 0.5) is 4.79 Å². The number of hydrogen-bond donors (Lipinski definition) is 1. The predicted molar refractivity (Wildman–Crippen MR) is 114 cm³/mol. The van der Waals surface area contributed by atoms with Crippen molar-refractivity contribution in [1.82, 2.24) is 4.57 Å². The summed E-state index contributed by atoms with van der Waals surface area (Å²) in [6.07, 6.45) is 2.39. The first-order valence-electron chi connectivity index (χ1n) is 10.2. The second kappa shape index (κ2) is 10.1. The smallest absolute Gasteiger partial charge is 0.496 e. The number of halogens is 1. The van der Waals surface area contributed by atoms with Crippen molar-refractivity contribution < 1.29 is 28.8 Å². The number of benzene rings is 1. The van der Waals surface area contributed by atoms with E-state index in [4.69, 9.17) is 30.5 Å². The van der Waals surface area contributed by atoms with E-state index in [0.717, 1.165) is 24.1 Å². The molecule has 0 fully saturated rings. The summed E-state index contributed by atoms with van der Waals surface area (Å²) in [5, 5.41) is 11.6. The Kier molecular flexibility index (Phi) is 7.50. The number of nitrogens with zero attached hydrogens (tertiary/aromatic N) is 1. The highest BCUT2D eigenvalue weighted by Crippen LogP contribution is 2.50. The molecule has 2 aromatic rings. The normalized spacial score (nSPS) is 13.1. The molecule has 3 rings (SSSR count). The second-order valence-corrected chi connectivity index (χ2v) is 7.41. The lowest BCUT2D eigenvalue weighted by atomic mass is 9.97. The van der Waals surface area contributed by atoms with Gasteiger partial charge in [-0.1, -0.05) is 18.5 Å². The van der Waals surface area contributed by atoms with E-state index in [-0.39, 0.29) is 12.5 Å². The van der Waals surface area contributed by atoms with Crippen LogP contribution in [0.2, 0.25) is 5.02 Å². The molecule has 2 heterocycles. The quantitative estimate of drug-likeness (QED) is 0.463. The van der Waals surface area contributed by atoms with Crippen molar-refractivity contribution in [3.8, 4) is 28.5 Å². The summed E-state index contributed by atoms with van der Waals surface area (Å²) < 4.78 is 23.3. The predicted octanol–water partition coefficient (Wildman–Crippen LogP) is 4.97. The number of ether oxygens (including phenoxy) is 4. The van der Waals surface area contributed by atoms with Gasteiger partial charge in [0.2, 0.25) is 5.88 Å². The molecule has 7 nitrogen and oxygen atoms in total. The Morgan fingerprint density at radius 3 is 2.70 bits per heavy atom. The molecule has 0 aliphatic carbocycles. The highest BCUT2D eigenvalue weighted by Gasteiger charge is 2.31. The zero-order valence-electron chi connectivity index (χ0n) is 17.6. The Morgan fingerprint density at radius 1 is 1.20 bits per heavy atom. The number of aromatic nitrogens is 1. The van der Waals surface area contributed by atoms with Gasteiger partial charge in [-0.25, -0.2) is 4.79 Å². The lowest BCUT2D eigenvalue weighted by Crippen LogP contribution is -2.16. The number of aryl methyl sites for hydroxylation is 1. The fourth-order valence-corrected chi connectivity index (χ4v) is 4.05. The molecule has 1 aliphatic rings. The molecule has 8 heteroatoms. The van der Waals surface area contributed by atoms with Gasteiger partial charge in [-0.05, 0) is 50.3 Å². The van der Waals surface area contributed by atoms with Crippen molar-refractivity contribution in [3.05, 3.63) is 28.4 Å². The molecule has 0 bridgehead atoms. The molecular formula is C22H28ClNO6. The van der Waals surface area contributed by atoms with E-state index in [0.29, 0.717) is 60.2 Å². The zero-order chi connectivity index (χ0) is 21.7. The Labute approximate surface area is 181 Å². The summed E-state index contributed by atoms with van der Waals surface area (Å²) in [6, 6.07) is 3.52. The Morgan fingerprint density at radius 2 is 2.00 bits per heavy atom. The van der Waals surface area contributed by atoms with Crippen LogP contribution in [0.25, 0.3) is 11.1 Å². The number of rotatable bonds is 8. The molecule has 1 N–H and O–H groups in total. The summed E-state index contributed by atoms with van der Waals surface area (Å²) >= 11 is 6.25. The minimum Gasteiger partial charge on any atom is -0.496 e. The third kappa shape index (κ3) is 4.52. The first kappa shape index (κ1) is 22.3. The molecule has 30 heavy (non-hydrogen) atoms. The molecular weight excluding hydrogens is 410 g/mol. The van der Waals surface area contributed by atoms with Crippen LogP contribution < -0.4 is 9.47 Å². The van der Waals surface area contributed by atoms with E-state index in [1.165, 1.54) is 0 Å². The number of carbonyl (C=O) groups is 1. The van der Waals surface area contributed by atoms with Gasteiger partial charge in [0.1, 0.15) is 12.4 Å². The molecule has 0 saturated heterocycles. The van der Waals surface area contributed by atoms with Crippen LogP contribution in [0.3, 0.4) is 0 Å². The summed E-state index contributed by atoms with van der Waals surface area (Å²) in [7, 11) is 1.55. The number of hydrogen-bond acceptors (Lipinski definition) is 6. The SMILES string of the molecule is CCOCCOC(=O)Oc1c(-c2c(CC)cc(Cl)cc2OC)c(O)n2c1CCCC2. The third-order valence-corrected chi connectivity index (χ3v) is 5.39. The Hall–Kier alpha value is -2.38. The van der Waals surface area contributed by atoms with Crippen LogP contribution >= 0.6 is 11.6 Å². The summed E-state index contributed by atoms with van der Waals surface area (Å²) in [5.74, 6) is 0.869. The van der Waals surface area contributed by atoms with Crippen molar-refractivity contribution >= 4 is 17.8 Å². The monoisotopic (exact) mass is 437 g/mol. The average molecular weight is 438 g/mol. The van der Waals surface area contributed by atoms with E-state index in [9.17, 15) is 9.90 Å². The minimum absolute atomic E-state index is 0.0529. The Balaban J connectivity index is 2.07. The highest BCUT2D eigenvalue weighted by molar-refractivity contribution is 6.31. The van der Waals surface area contributed by atoms with Crippen LogP contribution in [0.15, 0.2) is 12.1 Å². The van der Waals surface area contributed by atoms with Gasteiger partial charge < -0.3 is 28.6 Å². The molecule has 0 atom stereocenters. The van der Waals surface area contributed by atoms with Gasteiger partial charge in [0.25, 0.3) is 0 Å². The molecule has 0 spiro atoms. The fraction of sp³-hybridized carbons (Fsp3) is 0.500. The van der Waals surface area contributed by atoms with E-state index in [2.05, 4.69) is 0 Å².